The van der Waals surface area contributed by atoms with Gasteiger partial charge in [-0.25, -0.2) is 0 Å². The molecule has 0 aliphatic carbocycles. The molecule has 6 nitrogen and oxygen atoms in total. The van der Waals surface area contributed by atoms with Gasteiger partial charge in [0.25, 0.3) is 0 Å². The third kappa shape index (κ3) is 4.82. The fourth-order valence-corrected chi connectivity index (χ4v) is 2.25. The van der Waals surface area contributed by atoms with Crippen LogP contribution < -0.4 is 11.1 Å². The summed E-state index contributed by atoms with van der Waals surface area (Å²) in [6.45, 7) is 1.33. The molecule has 0 saturated heterocycles. The van der Waals surface area contributed by atoms with Crippen molar-refractivity contribution in [2.75, 3.05) is 13.1 Å². The Labute approximate surface area is 124 Å². The van der Waals surface area contributed by atoms with Gasteiger partial charge in [-0.15, -0.1) is 10.2 Å². The van der Waals surface area contributed by atoms with E-state index in [1.165, 1.54) is 0 Å². The third-order valence-electron chi connectivity index (χ3n) is 3.41. The fraction of sp³-hybridized carbons (Fsp3) is 0.533. The molecule has 0 fully saturated rings. The van der Waals surface area contributed by atoms with Gasteiger partial charge in [0.1, 0.15) is 5.82 Å². The number of hydrogen-bond donors (Lipinski definition) is 2. The number of hydrogen-bond acceptors (Lipinski definition) is 4. The van der Waals surface area contributed by atoms with Gasteiger partial charge < -0.3 is 11.1 Å². The highest BCUT2D eigenvalue weighted by atomic mass is 16.1. The molecule has 0 aliphatic rings. The zero-order chi connectivity index (χ0) is 14.9. The maximum atomic E-state index is 11.7. The SMILES string of the molecule is NCCCCCCC(=O)NCCc1nnc2ccccn12. The highest BCUT2D eigenvalue weighted by molar-refractivity contribution is 5.75. The summed E-state index contributed by atoms with van der Waals surface area (Å²) in [5.74, 6) is 0.977. The van der Waals surface area contributed by atoms with Crippen LogP contribution in [0.3, 0.4) is 0 Å². The number of nitrogens with one attached hydrogen (secondary N) is 1. The Morgan fingerprint density at radius 1 is 1.19 bits per heavy atom. The van der Waals surface area contributed by atoms with E-state index in [2.05, 4.69) is 15.5 Å². The van der Waals surface area contributed by atoms with Crippen molar-refractivity contribution in [1.29, 1.82) is 0 Å². The molecule has 2 aromatic rings. The summed E-state index contributed by atoms with van der Waals surface area (Å²) in [5.41, 5.74) is 6.26. The van der Waals surface area contributed by atoms with Gasteiger partial charge in [-0.2, -0.15) is 0 Å². The summed E-state index contributed by atoms with van der Waals surface area (Å²) in [4.78, 5) is 11.7. The minimum Gasteiger partial charge on any atom is -0.356 e. The number of fused-ring (bicyclic) bond motifs is 1. The molecule has 0 aliphatic heterocycles. The molecule has 0 saturated carbocycles. The van der Waals surface area contributed by atoms with E-state index in [1.807, 2.05) is 28.8 Å². The van der Waals surface area contributed by atoms with Crippen molar-refractivity contribution >= 4 is 11.6 Å². The van der Waals surface area contributed by atoms with Crippen molar-refractivity contribution in [3.8, 4) is 0 Å². The van der Waals surface area contributed by atoms with Crippen LogP contribution in [0.15, 0.2) is 24.4 Å². The van der Waals surface area contributed by atoms with E-state index in [1.54, 1.807) is 0 Å². The molecule has 0 bridgehead atoms. The third-order valence-corrected chi connectivity index (χ3v) is 3.41. The van der Waals surface area contributed by atoms with Crippen molar-refractivity contribution in [1.82, 2.24) is 19.9 Å². The van der Waals surface area contributed by atoms with Gasteiger partial charge >= 0.3 is 0 Å². The summed E-state index contributed by atoms with van der Waals surface area (Å²) in [6, 6.07) is 5.79. The molecule has 0 radical (unpaired) electrons. The molecule has 3 N–H and O–H groups in total. The van der Waals surface area contributed by atoms with Gasteiger partial charge in [-0.3, -0.25) is 9.20 Å². The summed E-state index contributed by atoms with van der Waals surface area (Å²) in [5, 5.41) is 11.2. The monoisotopic (exact) mass is 289 g/mol. The molecule has 0 atom stereocenters. The van der Waals surface area contributed by atoms with Gasteiger partial charge in [0.05, 0.1) is 0 Å². The minimum absolute atomic E-state index is 0.108. The zero-order valence-electron chi connectivity index (χ0n) is 12.3. The number of rotatable bonds is 9. The molecule has 21 heavy (non-hydrogen) atoms. The van der Waals surface area contributed by atoms with Crippen LogP contribution in [0.25, 0.3) is 5.65 Å². The lowest BCUT2D eigenvalue weighted by molar-refractivity contribution is -0.121. The number of aromatic nitrogens is 3. The van der Waals surface area contributed by atoms with Gasteiger partial charge in [0.2, 0.25) is 5.91 Å². The second-order valence-corrected chi connectivity index (χ2v) is 5.10. The molecule has 1 amide bonds. The molecule has 0 unspecified atom stereocenters. The Morgan fingerprint density at radius 2 is 2.05 bits per heavy atom. The number of nitrogens with two attached hydrogens (primary N) is 1. The second-order valence-electron chi connectivity index (χ2n) is 5.10. The topological polar surface area (TPSA) is 85.3 Å². The normalized spacial score (nSPS) is 10.9. The first-order valence-electron chi connectivity index (χ1n) is 7.56. The van der Waals surface area contributed by atoms with Crippen LogP contribution >= 0.6 is 0 Å². The number of amides is 1. The molecule has 0 aromatic carbocycles. The van der Waals surface area contributed by atoms with Crippen LogP contribution in [-0.2, 0) is 11.2 Å². The van der Waals surface area contributed by atoms with Gasteiger partial charge in [0.15, 0.2) is 5.65 Å². The molecule has 6 heteroatoms. The minimum atomic E-state index is 0.108. The maximum absolute atomic E-state index is 11.7. The van der Waals surface area contributed by atoms with E-state index >= 15 is 0 Å². The largest absolute Gasteiger partial charge is 0.356 e. The van der Waals surface area contributed by atoms with Crippen LogP contribution in [0.1, 0.15) is 37.9 Å². The smallest absolute Gasteiger partial charge is 0.220 e. The highest BCUT2D eigenvalue weighted by Gasteiger charge is 2.05. The van der Waals surface area contributed by atoms with Crippen LogP contribution in [-0.4, -0.2) is 33.6 Å². The summed E-state index contributed by atoms with van der Waals surface area (Å²) < 4.78 is 1.94. The van der Waals surface area contributed by atoms with Crippen molar-refractivity contribution in [2.24, 2.45) is 5.73 Å². The van der Waals surface area contributed by atoms with E-state index in [9.17, 15) is 4.79 Å². The predicted molar refractivity (Wildman–Crippen MR) is 81.8 cm³/mol. The quantitative estimate of drug-likeness (QED) is 0.681. The Bertz CT molecular complexity index is 566. The van der Waals surface area contributed by atoms with E-state index in [0.29, 0.717) is 19.4 Å². The number of carbonyl (C=O) groups is 1. The number of carbonyl (C=O) groups excluding carboxylic acids is 1. The lowest BCUT2D eigenvalue weighted by atomic mass is 10.1. The van der Waals surface area contributed by atoms with Crippen molar-refractivity contribution in [3.63, 3.8) is 0 Å². The highest BCUT2D eigenvalue weighted by Crippen LogP contribution is 2.04. The van der Waals surface area contributed by atoms with Gasteiger partial charge in [-0.1, -0.05) is 18.9 Å². The Hall–Kier alpha value is -1.95. The summed E-state index contributed by atoms with van der Waals surface area (Å²) >= 11 is 0. The number of nitrogens with zero attached hydrogens (tertiary/aromatic N) is 3. The average molecular weight is 289 g/mol. The molecular formula is C15H23N5O. The lowest BCUT2D eigenvalue weighted by Crippen LogP contribution is -2.25. The lowest BCUT2D eigenvalue weighted by Gasteiger charge is -2.04. The molecule has 114 valence electrons. The fourth-order valence-electron chi connectivity index (χ4n) is 2.25. The van der Waals surface area contributed by atoms with Crippen molar-refractivity contribution in [3.05, 3.63) is 30.2 Å². The first kappa shape index (κ1) is 15.4. The molecular weight excluding hydrogens is 266 g/mol. The predicted octanol–water partition coefficient (Wildman–Crippen LogP) is 1.30. The molecule has 2 rings (SSSR count). The van der Waals surface area contributed by atoms with Crippen LogP contribution in [0.2, 0.25) is 0 Å². The summed E-state index contributed by atoms with van der Waals surface area (Å²) in [7, 11) is 0. The molecule has 2 aromatic heterocycles. The van der Waals surface area contributed by atoms with E-state index < -0.39 is 0 Å². The second kappa shape index (κ2) is 8.36. The first-order valence-corrected chi connectivity index (χ1v) is 7.56. The van der Waals surface area contributed by atoms with Crippen molar-refractivity contribution in [2.45, 2.75) is 38.5 Å². The van der Waals surface area contributed by atoms with Gasteiger partial charge in [0, 0.05) is 25.6 Å². The van der Waals surface area contributed by atoms with Crippen LogP contribution in [0.4, 0.5) is 0 Å². The Morgan fingerprint density at radius 3 is 2.90 bits per heavy atom. The number of pyridine rings is 1. The first-order chi connectivity index (χ1) is 10.3. The maximum Gasteiger partial charge on any atom is 0.220 e. The van der Waals surface area contributed by atoms with Crippen molar-refractivity contribution < 1.29 is 4.79 Å². The number of unbranched alkanes of at least 4 members (excludes halogenated alkanes) is 3. The molecule has 2 heterocycles. The average Bonchev–Trinajstić information content (AvgIpc) is 2.91. The van der Waals surface area contributed by atoms with Crippen LogP contribution in [0, 0.1) is 0 Å². The van der Waals surface area contributed by atoms with Crippen LogP contribution in [0.5, 0.6) is 0 Å². The van der Waals surface area contributed by atoms with Gasteiger partial charge in [-0.05, 0) is 31.5 Å². The zero-order valence-corrected chi connectivity index (χ0v) is 12.3. The standard InChI is InChI=1S/C15H23N5O/c16-10-5-2-1-3-8-15(21)17-11-9-14-19-18-13-7-4-6-12-20(13)14/h4,6-7,12H,1-3,5,8-11,16H2,(H,17,21). The molecule has 0 spiro atoms. The van der Waals surface area contributed by atoms with E-state index in [4.69, 9.17) is 5.73 Å². The van der Waals surface area contributed by atoms with E-state index in [0.717, 1.165) is 43.7 Å². The Kier molecular flexibility index (Phi) is 6.15. The Balaban J connectivity index is 1.66. The van der Waals surface area contributed by atoms with E-state index in [-0.39, 0.29) is 5.91 Å². The summed E-state index contributed by atoms with van der Waals surface area (Å²) in [6.07, 6.45) is 7.36.